The molecule has 6 nitrogen and oxygen atoms in total. The number of nitrogens with two attached hydrogens (primary N) is 1. The van der Waals surface area contributed by atoms with Crippen LogP contribution in [0.2, 0.25) is 0 Å². The average molecular weight is 449 g/mol. The molecule has 3 aromatic rings. The lowest BCUT2D eigenvalue weighted by molar-refractivity contribution is 0.1000. The van der Waals surface area contributed by atoms with Crippen molar-refractivity contribution in [1.29, 1.82) is 0 Å². The number of primary amides is 1. The molecule has 33 heavy (non-hydrogen) atoms. The van der Waals surface area contributed by atoms with Crippen LogP contribution in [0.15, 0.2) is 42.5 Å². The van der Waals surface area contributed by atoms with Gasteiger partial charge in [-0.25, -0.2) is 0 Å². The summed E-state index contributed by atoms with van der Waals surface area (Å²) >= 11 is 0. The second-order valence-electron chi connectivity index (χ2n) is 8.36. The summed E-state index contributed by atoms with van der Waals surface area (Å²) in [5.74, 6) is 1.83. The number of amides is 1. The van der Waals surface area contributed by atoms with E-state index in [1.165, 1.54) is 0 Å². The molecule has 0 radical (unpaired) electrons. The summed E-state index contributed by atoms with van der Waals surface area (Å²) in [5.41, 5.74) is 11.3. The Morgan fingerprint density at radius 2 is 1.85 bits per heavy atom. The molecule has 0 spiro atoms. The predicted molar refractivity (Wildman–Crippen MR) is 129 cm³/mol. The van der Waals surface area contributed by atoms with Gasteiger partial charge in [-0.2, -0.15) is 0 Å². The van der Waals surface area contributed by atoms with Crippen LogP contribution in [0.3, 0.4) is 0 Å². The van der Waals surface area contributed by atoms with Crippen LogP contribution < -0.4 is 19.9 Å². The van der Waals surface area contributed by atoms with Gasteiger partial charge in [0, 0.05) is 22.5 Å². The molecule has 2 aromatic carbocycles. The largest absolute Gasteiger partial charge is 0.496 e. The van der Waals surface area contributed by atoms with Crippen LogP contribution in [-0.2, 0) is 13.0 Å². The maximum atomic E-state index is 12.7. The van der Waals surface area contributed by atoms with Crippen LogP contribution in [0.4, 0.5) is 0 Å². The van der Waals surface area contributed by atoms with Gasteiger partial charge in [-0.3, -0.25) is 4.79 Å². The fourth-order valence-electron chi connectivity index (χ4n) is 4.63. The number of nitrogens with zero attached hydrogens (tertiary/aromatic N) is 1. The number of benzene rings is 2. The molecule has 2 heterocycles. The highest BCUT2D eigenvalue weighted by Crippen LogP contribution is 2.40. The number of hydrogen-bond acceptors (Lipinski definition) is 4. The van der Waals surface area contributed by atoms with Crippen LogP contribution in [0.25, 0.3) is 11.1 Å². The van der Waals surface area contributed by atoms with E-state index in [9.17, 15) is 4.79 Å². The predicted octanol–water partition coefficient (Wildman–Crippen LogP) is 5.12. The van der Waals surface area contributed by atoms with Crippen molar-refractivity contribution >= 4 is 5.91 Å². The second-order valence-corrected chi connectivity index (χ2v) is 8.36. The Kier molecular flexibility index (Phi) is 6.92. The Bertz CT molecular complexity index is 1150. The zero-order chi connectivity index (χ0) is 23.4. The van der Waals surface area contributed by atoms with E-state index in [1.807, 2.05) is 43.3 Å². The summed E-state index contributed by atoms with van der Waals surface area (Å²) in [6.07, 6.45) is 4.11. The fourth-order valence-corrected chi connectivity index (χ4v) is 4.63. The lowest BCUT2D eigenvalue weighted by Crippen LogP contribution is -2.15. The minimum atomic E-state index is -0.423. The van der Waals surface area contributed by atoms with E-state index in [0.717, 1.165) is 65.3 Å². The number of rotatable bonds is 9. The van der Waals surface area contributed by atoms with Gasteiger partial charge in [-0.05, 0) is 43.5 Å². The third-order valence-corrected chi connectivity index (χ3v) is 6.25. The topological polar surface area (TPSA) is 75.7 Å². The highest BCUT2D eigenvalue weighted by atomic mass is 16.6. The van der Waals surface area contributed by atoms with E-state index < -0.39 is 5.91 Å². The first-order valence-corrected chi connectivity index (χ1v) is 11.6. The van der Waals surface area contributed by atoms with Crippen molar-refractivity contribution in [3.63, 3.8) is 0 Å². The Balaban J connectivity index is 1.89. The summed E-state index contributed by atoms with van der Waals surface area (Å²) in [7, 11) is 1.68. The Labute approximate surface area is 195 Å². The minimum Gasteiger partial charge on any atom is -0.496 e. The standard InChI is InChI=1S/C27H32N2O4/c1-4-5-6-10-21-26(19-12-13-23-24(16-19)33-15-14-32-23)25(27(28)30)18(2)29(21)17-20-9-7-8-11-22(20)31-3/h7-9,11-13,16H,4-6,10,14-15,17H2,1-3H3,(H2,28,30). The van der Waals surface area contributed by atoms with Gasteiger partial charge in [0.05, 0.1) is 19.2 Å². The van der Waals surface area contributed by atoms with Crippen LogP contribution in [0.1, 0.15) is 53.5 Å². The monoisotopic (exact) mass is 448 g/mol. The van der Waals surface area contributed by atoms with Crippen molar-refractivity contribution < 1.29 is 19.0 Å². The highest BCUT2D eigenvalue weighted by Gasteiger charge is 2.26. The molecule has 0 fully saturated rings. The van der Waals surface area contributed by atoms with Crippen molar-refractivity contribution in [1.82, 2.24) is 4.57 Å². The van der Waals surface area contributed by atoms with Gasteiger partial charge >= 0.3 is 0 Å². The Morgan fingerprint density at radius 1 is 1.09 bits per heavy atom. The van der Waals surface area contributed by atoms with E-state index >= 15 is 0 Å². The molecule has 0 aliphatic carbocycles. The van der Waals surface area contributed by atoms with E-state index in [4.69, 9.17) is 19.9 Å². The normalized spacial score (nSPS) is 12.6. The van der Waals surface area contributed by atoms with Crippen molar-refractivity contribution in [3.8, 4) is 28.4 Å². The van der Waals surface area contributed by atoms with Crippen LogP contribution in [0.5, 0.6) is 17.2 Å². The summed E-state index contributed by atoms with van der Waals surface area (Å²) in [6.45, 7) is 5.81. The number of para-hydroxylation sites is 1. The first-order chi connectivity index (χ1) is 16.0. The molecule has 0 bridgehead atoms. The molecule has 2 N–H and O–H groups in total. The van der Waals surface area contributed by atoms with E-state index in [1.54, 1.807) is 7.11 Å². The number of fused-ring (bicyclic) bond motifs is 1. The van der Waals surface area contributed by atoms with E-state index in [2.05, 4.69) is 17.6 Å². The molecule has 0 atom stereocenters. The SMILES string of the molecule is CCCCCc1c(-c2ccc3c(c2)OCCO3)c(C(N)=O)c(C)n1Cc1ccccc1OC. The van der Waals surface area contributed by atoms with Gasteiger partial charge in [0.2, 0.25) is 0 Å². The average Bonchev–Trinajstić information content (AvgIpc) is 3.10. The van der Waals surface area contributed by atoms with Gasteiger partial charge in [0.15, 0.2) is 11.5 Å². The molecule has 174 valence electrons. The number of unbranched alkanes of at least 4 members (excludes halogenated alkanes) is 2. The smallest absolute Gasteiger partial charge is 0.251 e. The lowest BCUT2D eigenvalue weighted by atomic mass is 9.97. The molecule has 0 unspecified atom stereocenters. The Morgan fingerprint density at radius 3 is 2.58 bits per heavy atom. The molecule has 4 rings (SSSR count). The van der Waals surface area contributed by atoms with Crippen LogP contribution in [-0.4, -0.2) is 30.8 Å². The van der Waals surface area contributed by atoms with Crippen LogP contribution >= 0.6 is 0 Å². The maximum absolute atomic E-state index is 12.7. The molecular formula is C27H32N2O4. The molecule has 1 amide bonds. The number of methoxy groups -OCH3 is 1. The summed E-state index contributed by atoms with van der Waals surface area (Å²) in [5, 5.41) is 0. The lowest BCUT2D eigenvalue weighted by Gasteiger charge is -2.19. The summed E-state index contributed by atoms with van der Waals surface area (Å²) in [6, 6.07) is 13.9. The van der Waals surface area contributed by atoms with Crippen molar-refractivity contribution in [2.24, 2.45) is 5.73 Å². The number of ether oxygens (including phenoxy) is 3. The van der Waals surface area contributed by atoms with Gasteiger partial charge in [0.25, 0.3) is 5.91 Å². The number of carbonyl (C=O) groups is 1. The van der Waals surface area contributed by atoms with Gasteiger partial charge < -0.3 is 24.5 Å². The zero-order valence-electron chi connectivity index (χ0n) is 19.6. The molecule has 1 aliphatic rings. The highest BCUT2D eigenvalue weighted by molar-refractivity contribution is 6.02. The Hall–Kier alpha value is -3.41. The number of aromatic nitrogens is 1. The number of hydrogen-bond donors (Lipinski definition) is 1. The van der Waals surface area contributed by atoms with Gasteiger partial charge in [-0.15, -0.1) is 0 Å². The van der Waals surface area contributed by atoms with Crippen molar-refractivity contribution in [2.45, 2.75) is 46.1 Å². The quantitative estimate of drug-likeness (QED) is 0.461. The molecular weight excluding hydrogens is 416 g/mol. The molecule has 0 saturated carbocycles. The van der Waals surface area contributed by atoms with Gasteiger partial charge in [-0.1, -0.05) is 44.0 Å². The van der Waals surface area contributed by atoms with E-state index in [-0.39, 0.29) is 0 Å². The first-order valence-electron chi connectivity index (χ1n) is 11.6. The van der Waals surface area contributed by atoms with E-state index in [0.29, 0.717) is 31.1 Å². The van der Waals surface area contributed by atoms with Crippen LogP contribution in [0, 0.1) is 6.92 Å². The zero-order valence-corrected chi connectivity index (χ0v) is 19.6. The third kappa shape index (κ3) is 4.56. The first kappa shape index (κ1) is 22.8. The summed E-state index contributed by atoms with van der Waals surface area (Å²) < 4.78 is 19.3. The van der Waals surface area contributed by atoms with Gasteiger partial charge in [0.1, 0.15) is 19.0 Å². The molecule has 1 aliphatic heterocycles. The van der Waals surface area contributed by atoms with Crippen molar-refractivity contribution in [2.75, 3.05) is 20.3 Å². The third-order valence-electron chi connectivity index (χ3n) is 6.25. The minimum absolute atomic E-state index is 0.423. The van der Waals surface area contributed by atoms with Crippen molar-refractivity contribution in [3.05, 3.63) is 65.0 Å². The second kappa shape index (κ2) is 10.0. The number of carbonyl (C=O) groups excluding carboxylic acids is 1. The summed E-state index contributed by atoms with van der Waals surface area (Å²) in [4.78, 5) is 12.7. The maximum Gasteiger partial charge on any atom is 0.251 e. The molecule has 6 heteroatoms. The molecule has 0 saturated heterocycles. The fraction of sp³-hybridized carbons (Fsp3) is 0.370. The molecule has 1 aromatic heterocycles.